The van der Waals surface area contributed by atoms with E-state index >= 15 is 0 Å². The van der Waals surface area contributed by atoms with Crippen LogP contribution in [0.25, 0.3) is 0 Å². The first-order chi connectivity index (χ1) is 7.24. The highest BCUT2D eigenvalue weighted by molar-refractivity contribution is 5.28. The van der Waals surface area contributed by atoms with Crippen LogP contribution in [-0.2, 0) is 17.1 Å². The molecule has 0 fully saturated rings. The van der Waals surface area contributed by atoms with Crippen molar-refractivity contribution in [3.63, 3.8) is 0 Å². The average Bonchev–Trinajstić information content (AvgIpc) is 2.14. The SMILES string of the molecule is CC(C)(C)CC(C)(C)c1ccc(C[O])cc1. The summed E-state index contributed by atoms with van der Waals surface area (Å²) in [6, 6.07) is 8.09. The maximum atomic E-state index is 10.7. The molecule has 0 aliphatic heterocycles. The lowest BCUT2D eigenvalue weighted by Crippen LogP contribution is -2.24. The van der Waals surface area contributed by atoms with E-state index in [1.54, 1.807) is 0 Å². The minimum absolute atomic E-state index is 0.125. The molecule has 0 unspecified atom stereocenters. The zero-order valence-corrected chi connectivity index (χ0v) is 11.1. The maximum absolute atomic E-state index is 10.7. The normalized spacial score (nSPS) is 12.9. The van der Waals surface area contributed by atoms with Gasteiger partial charge in [0, 0.05) is 0 Å². The Bertz CT molecular complexity index is 327. The van der Waals surface area contributed by atoms with Gasteiger partial charge in [-0.15, -0.1) is 0 Å². The number of benzene rings is 1. The van der Waals surface area contributed by atoms with Crippen molar-refractivity contribution in [3.8, 4) is 0 Å². The number of hydrogen-bond acceptors (Lipinski definition) is 0. The van der Waals surface area contributed by atoms with Crippen LogP contribution >= 0.6 is 0 Å². The molecule has 89 valence electrons. The fraction of sp³-hybridized carbons (Fsp3) is 0.600. The van der Waals surface area contributed by atoms with Crippen LogP contribution in [0.3, 0.4) is 0 Å². The van der Waals surface area contributed by atoms with E-state index < -0.39 is 0 Å². The molecule has 0 saturated heterocycles. The second-order valence-electron chi connectivity index (χ2n) is 6.46. The minimum atomic E-state index is -0.125. The van der Waals surface area contributed by atoms with Crippen LogP contribution in [0.15, 0.2) is 24.3 Å². The summed E-state index contributed by atoms with van der Waals surface area (Å²) < 4.78 is 0. The average molecular weight is 219 g/mol. The molecule has 16 heavy (non-hydrogen) atoms. The van der Waals surface area contributed by atoms with Gasteiger partial charge in [0.25, 0.3) is 0 Å². The second-order valence-corrected chi connectivity index (χ2v) is 6.46. The van der Waals surface area contributed by atoms with Crippen LogP contribution in [0.2, 0.25) is 0 Å². The largest absolute Gasteiger partial charge is 0.232 e. The summed E-state index contributed by atoms with van der Waals surface area (Å²) >= 11 is 0. The molecule has 0 amide bonds. The Balaban J connectivity index is 2.89. The van der Waals surface area contributed by atoms with Gasteiger partial charge in [0.15, 0.2) is 0 Å². The van der Waals surface area contributed by atoms with Gasteiger partial charge < -0.3 is 0 Å². The van der Waals surface area contributed by atoms with Gasteiger partial charge in [0.2, 0.25) is 0 Å². The van der Waals surface area contributed by atoms with E-state index in [0.29, 0.717) is 5.41 Å². The third-order valence-electron chi connectivity index (χ3n) is 2.87. The van der Waals surface area contributed by atoms with Crippen LogP contribution in [0.4, 0.5) is 0 Å². The topological polar surface area (TPSA) is 19.9 Å². The van der Waals surface area contributed by atoms with E-state index in [4.69, 9.17) is 0 Å². The molecule has 1 nitrogen and oxygen atoms in total. The van der Waals surface area contributed by atoms with E-state index in [0.717, 1.165) is 12.0 Å². The molecular weight excluding hydrogens is 196 g/mol. The second kappa shape index (κ2) is 4.58. The maximum Gasteiger partial charge on any atom is 0.107 e. The molecule has 0 spiro atoms. The quantitative estimate of drug-likeness (QED) is 0.721. The summed E-state index contributed by atoms with van der Waals surface area (Å²) in [5.74, 6) is 0. The van der Waals surface area contributed by atoms with Crippen molar-refractivity contribution < 1.29 is 5.11 Å². The third-order valence-corrected chi connectivity index (χ3v) is 2.87. The van der Waals surface area contributed by atoms with Gasteiger partial charge in [-0.25, -0.2) is 5.11 Å². The van der Waals surface area contributed by atoms with Crippen molar-refractivity contribution in [1.29, 1.82) is 0 Å². The molecule has 1 radical (unpaired) electrons. The van der Waals surface area contributed by atoms with Gasteiger partial charge >= 0.3 is 0 Å². The molecule has 0 aromatic heterocycles. The Hall–Kier alpha value is -0.820. The van der Waals surface area contributed by atoms with Crippen molar-refractivity contribution in [2.24, 2.45) is 5.41 Å². The van der Waals surface area contributed by atoms with Crippen molar-refractivity contribution in [2.75, 3.05) is 0 Å². The van der Waals surface area contributed by atoms with Crippen molar-refractivity contribution in [2.45, 2.75) is 53.1 Å². The Kier molecular flexibility index (Phi) is 3.80. The lowest BCUT2D eigenvalue weighted by molar-refractivity contribution is 0.177. The summed E-state index contributed by atoms with van der Waals surface area (Å²) in [6.45, 7) is 11.2. The zero-order valence-electron chi connectivity index (χ0n) is 11.1. The van der Waals surface area contributed by atoms with Gasteiger partial charge in [-0.1, -0.05) is 58.9 Å². The van der Waals surface area contributed by atoms with Crippen molar-refractivity contribution in [3.05, 3.63) is 35.4 Å². The summed E-state index contributed by atoms with van der Waals surface area (Å²) in [5, 5.41) is 10.7. The molecule has 1 heteroatoms. The summed E-state index contributed by atoms with van der Waals surface area (Å²) in [4.78, 5) is 0. The van der Waals surface area contributed by atoms with Crippen LogP contribution in [0, 0.1) is 5.41 Å². The van der Waals surface area contributed by atoms with Crippen LogP contribution in [0.5, 0.6) is 0 Å². The molecule has 1 aromatic carbocycles. The molecular formula is C15H23O. The monoisotopic (exact) mass is 219 g/mol. The van der Waals surface area contributed by atoms with Gasteiger partial charge in [-0.05, 0) is 28.4 Å². The van der Waals surface area contributed by atoms with Crippen LogP contribution in [0.1, 0.15) is 52.2 Å². The minimum Gasteiger partial charge on any atom is -0.232 e. The summed E-state index contributed by atoms with van der Waals surface area (Å²) in [7, 11) is 0. The Morgan fingerprint density at radius 2 is 1.44 bits per heavy atom. The van der Waals surface area contributed by atoms with Crippen molar-refractivity contribution in [1.82, 2.24) is 0 Å². The summed E-state index contributed by atoms with van der Waals surface area (Å²) in [5.41, 5.74) is 2.68. The highest BCUT2D eigenvalue weighted by Gasteiger charge is 2.26. The fourth-order valence-electron chi connectivity index (χ4n) is 2.48. The number of rotatable bonds is 3. The standard InChI is InChI=1S/C15H23O/c1-14(2,3)11-15(4,5)13-8-6-12(10-16)7-9-13/h6-9H,10-11H2,1-5H3. The predicted molar refractivity (Wildman–Crippen MR) is 67.9 cm³/mol. The van der Waals surface area contributed by atoms with Crippen LogP contribution in [-0.4, -0.2) is 0 Å². The molecule has 1 rings (SSSR count). The summed E-state index contributed by atoms with van der Waals surface area (Å²) in [6.07, 6.45) is 1.14. The highest BCUT2D eigenvalue weighted by atomic mass is 16.3. The fourth-order valence-corrected chi connectivity index (χ4v) is 2.48. The van der Waals surface area contributed by atoms with Crippen molar-refractivity contribution >= 4 is 0 Å². The lowest BCUT2D eigenvalue weighted by Gasteiger charge is -2.33. The first-order valence-electron chi connectivity index (χ1n) is 5.92. The predicted octanol–water partition coefficient (Wildman–Crippen LogP) is 4.33. The molecule has 0 atom stereocenters. The van der Waals surface area contributed by atoms with Gasteiger partial charge in [-0.2, -0.15) is 0 Å². The molecule has 0 heterocycles. The molecule has 0 aliphatic carbocycles. The van der Waals surface area contributed by atoms with E-state index in [-0.39, 0.29) is 12.0 Å². The first kappa shape index (κ1) is 13.2. The van der Waals surface area contributed by atoms with E-state index in [9.17, 15) is 5.11 Å². The molecule has 1 aromatic rings. The highest BCUT2D eigenvalue weighted by Crippen LogP contribution is 2.36. The van der Waals surface area contributed by atoms with Gasteiger partial charge in [0.1, 0.15) is 6.61 Å². The van der Waals surface area contributed by atoms with Gasteiger partial charge in [0.05, 0.1) is 0 Å². The zero-order chi connectivity index (χ0) is 12.4. The molecule has 0 bridgehead atoms. The first-order valence-corrected chi connectivity index (χ1v) is 5.92. The van der Waals surface area contributed by atoms with E-state index in [2.05, 4.69) is 46.8 Å². The molecule has 0 N–H and O–H groups in total. The Morgan fingerprint density at radius 1 is 0.938 bits per heavy atom. The number of hydrogen-bond donors (Lipinski definition) is 0. The third kappa shape index (κ3) is 3.64. The Labute approximate surface area is 99.5 Å². The van der Waals surface area contributed by atoms with Crippen LogP contribution < -0.4 is 0 Å². The molecule has 0 aliphatic rings. The van der Waals surface area contributed by atoms with E-state index in [1.807, 2.05) is 12.1 Å². The van der Waals surface area contributed by atoms with Gasteiger partial charge in [-0.3, -0.25) is 0 Å². The Morgan fingerprint density at radius 3 is 1.81 bits per heavy atom. The van der Waals surface area contributed by atoms with E-state index in [1.165, 1.54) is 5.56 Å². The smallest absolute Gasteiger partial charge is 0.107 e. The molecule has 0 saturated carbocycles. The lowest BCUT2D eigenvalue weighted by atomic mass is 9.72.